The lowest BCUT2D eigenvalue weighted by Gasteiger charge is -2.16. The summed E-state index contributed by atoms with van der Waals surface area (Å²) in [6.07, 6.45) is -6.54. The van der Waals surface area contributed by atoms with Gasteiger partial charge in [-0.2, -0.15) is 22.0 Å². The van der Waals surface area contributed by atoms with Gasteiger partial charge in [-0.3, -0.25) is 9.38 Å². The fourth-order valence-corrected chi connectivity index (χ4v) is 2.09. The van der Waals surface area contributed by atoms with Gasteiger partial charge in [0.2, 0.25) is 11.7 Å². The van der Waals surface area contributed by atoms with Gasteiger partial charge in [-0.05, 0) is 13.0 Å². The molecule has 3 aromatic heterocycles. The van der Waals surface area contributed by atoms with E-state index in [2.05, 4.69) is 24.9 Å². The number of ether oxygens (including phenoxy) is 2. The second-order valence-corrected chi connectivity index (χ2v) is 5.43. The molecule has 0 aliphatic carbocycles. The number of hydrogen-bond donors (Lipinski definition) is 0. The van der Waals surface area contributed by atoms with Gasteiger partial charge in [-0.15, -0.1) is 10.2 Å². The molecule has 3 heterocycles. The van der Waals surface area contributed by atoms with Crippen molar-refractivity contribution in [2.45, 2.75) is 25.3 Å². The van der Waals surface area contributed by atoms with Gasteiger partial charge in [-0.25, -0.2) is 4.98 Å². The van der Waals surface area contributed by atoms with Crippen molar-refractivity contribution < 1.29 is 31.4 Å². The maximum Gasteiger partial charge on any atom is 0.425 e. The van der Waals surface area contributed by atoms with Crippen molar-refractivity contribution >= 4 is 5.65 Å². The van der Waals surface area contributed by atoms with Gasteiger partial charge in [0.05, 0.1) is 11.9 Å². The summed E-state index contributed by atoms with van der Waals surface area (Å²) < 4.78 is 74.9. The van der Waals surface area contributed by atoms with E-state index in [4.69, 9.17) is 4.74 Å². The average Bonchev–Trinajstić information content (AvgIpc) is 3.05. The van der Waals surface area contributed by atoms with E-state index in [-0.39, 0.29) is 17.2 Å². The molecule has 0 aliphatic rings. The third kappa shape index (κ3) is 3.79. The van der Waals surface area contributed by atoms with Crippen LogP contribution in [-0.4, -0.2) is 44.0 Å². The number of alkyl halides is 5. The number of pyridine rings is 1. The van der Waals surface area contributed by atoms with E-state index >= 15 is 0 Å². The lowest BCUT2D eigenvalue weighted by Crippen LogP contribution is -2.31. The van der Waals surface area contributed by atoms with Gasteiger partial charge in [0.1, 0.15) is 0 Å². The Labute approximate surface area is 148 Å². The highest BCUT2D eigenvalue weighted by atomic mass is 19.4. The van der Waals surface area contributed by atoms with Crippen LogP contribution < -0.4 is 4.74 Å². The molecule has 0 saturated heterocycles. The van der Waals surface area contributed by atoms with Gasteiger partial charge >= 0.3 is 12.3 Å². The first-order chi connectivity index (χ1) is 12.6. The van der Waals surface area contributed by atoms with E-state index in [1.54, 1.807) is 0 Å². The topological polar surface area (TPSA) is 74.4 Å². The average molecular weight is 389 g/mol. The molecule has 3 aromatic rings. The largest absolute Gasteiger partial charge is 0.465 e. The molecule has 0 fully saturated rings. The van der Waals surface area contributed by atoms with Crippen LogP contribution in [0.4, 0.5) is 22.0 Å². The van der Waals surface area contributed by atoms with E-state index < -0.39 is 24.2 Å². The molecule has 27 heavy (non-hydrogen) atoms. The fourth-order valence-electron chi connectivity index (χ4n) is 2.09. The minimum atomic E-state index is -4.52. The quantitative estimate of drug-likeness (QED) is 0.624. The van der Waals surface area contributed by atoms with Crippen LogP contribution in [0.1, 0.15) is 12.7 Å². The van der Waals surface area contributed by atoms with Crippen molar-refractivity contribution in [2.24, 2.45) is 0 Å². The van der Waals surface area contributed by atoms with Crippen molar-refractivity contribution in [3.8, 4) is 17.1 Å². The Kier molecular flexibility index (Phi) is 4.68. The lowest BCUT2D eigenvalue weighted by atomic mass is 10.2. The summed E-state index contributed by atoms with van der Waals surface area (Å²) >= 11 is 0. The van der Waals surface area contributed by atoms with Crippen LogP contribution >= 0.6 is 0 Å². The van der Waals surface area contributed by atoms with Gasteiger partial charge in [-0.1, -0.05) is 0 Å². The predicted octanol–water partition coefficient (Wildman–Crippen LogP) is 3.21. The number of fused-ring (bicyclic) bond motifs is 1. The number of aromatic nitrogens is 5. The van der Waals surface area contributed by atoms with E-state index in [1.807, 2.05) is 0 Å². The van der Waals surface area contributed by atoms with Crippen molar-refractivity contribution in [1.82, 2.24) is 24.6 Å². The molecule has 0 saturated carbocycles. The molecule has 0 aromatic carbocycles. The molecule has 7 nitrogen and oxygen atoms in total. The Morgan fingerprint density at radius 1 is 1.04 bits per heavy atom. The third-order valence-electron chi connectivity index (χ3n) is 3.60. The Morgan fingerprint density at radius 2 is 1.78 bits per heavy atom. The van der Waals surface area contributed by atoms with Crippen LogP contribution in [0, 0.1) is 0 Å². The normalized spacial score (nSPS) is 13.7. The van der Waals surface area contributed by atoms with Crippen LogP contribution in [0.2, 0.25) is 0 Å². The molecule has 0 unspecified atom stereocenters. The summed E-state index contributed by atoms with van der Waals surface area (Å²) in [5.41, 5.74) is 0.653. The number of halogens is 5. The van der Waals surface area contributed by atoms with Crippen LogP contribution in [0.3, 0.4) is 0 Å². The Morgan fingerprint density at radius 3 is 2.37 bits per heavy atom. The molecule has 0 aliphatic heterocycles. The lowest BCUT2D eigenvalue weighted by molar-refractivity contribution is -0.237. The van der Waals surface area contributed by atoms with Gasteiger partial charge < -0.3 is 9.47 Å². The zero-order valence-electron chi connectivity index (χ0n) is 13.9. The summed E-state index contributed by atoms with van der Waals surface area (Å²) in [7, 11) is 0.827. The molecular weight excluding hydrogens is 377 g/mol. The summed E-state index contributed by atoms with van der Waals surface area (Å²) in [6, 6.07) is 2.62. The van der Waals surface area contributed by atoms with E-state index in [0.717, 1.165) is 18.4 Å². The summed E-state index contributed by atoms with van der Waals surface area (Å²) in [5, 5.41) is 6.98. The molecule has 0 N–H and O–H groups in total. The zero-order valence-corrected chi connectivity index (χ0v) is 13.9. The first kappa shape index (κ1) is 18.9. The van der Waals surface area contributed by atoms with Gasteiger partial charge in [0.25, 0.3) is 0 Å². The number of methoxy groups -OCH3 is 1. The van der Waals surface area contributed by atoms with Crippen LogP contribution in [0.15, 0.2) is 30.7 Å². The zero-order chi connectivity index (χ0) is 19.8. The molecular formula is C15H12F5N5O2. The first-order valence-electron chi connectivity index (χ1n) is 7.46. The van der Waals surface area contributed by atoms with Crippen LogP contribution in [0.5, 0.6) is 5.88 Å². The van der Waals surface area contributed by atoms with Gasteiger partial charge in [0, 0.05) is 31.1 Å². The minimum absolute atomic E-state index is 0.0670. The standard InChI is InChI=1S/C15H12F5N5O2/c1-8(14(16,17)18)27-12-4-3-9(5-22-12)10-7-25-11(6-21-10)23-24-13(25)15(19,20)26-2/h3-8H,1-2H3/t8-/m1/s1. The molecule has 1 atom stereocenters. The Bertz CT molecular complexity index is 942. The number of rotatable bonds is 5. The summed E-state index contributed by atoms with van der Waals surface area (Å²) in [5.74, 6) is -0.976. The smallest absolute Gasteiger partial charge is 0.425 e. The van der Waals surface area contributed by atoms with E-state index in [1.165, 1.54) is 30.7 Å². The molecule has 144 valence electrons. The van der Waals surface area contributed by atoms with Crippen LogP contribution in [-0.2, 0) is 10.8 Å². The van der Waals surface area contributed by atoms with E-state index in [9.17, 15) is 22.0 Å². The monoisotopic (exact) mass is 389 g/mol. The summed E-state index contributed by atoms with van der Waals surface area (Å²) in [6.45, 7) is 0.856. The second-order valence-electron chi connectivity index (χ2n) is 5.43. The highest BCUT2D eigenvalue weighted by Gasteiger charge is 2.38. The number of hydrogen-bond acceptors (Lipinski definition) is 6. The maximum absolute atomic E-state index is 13.8. The number of nitrogens with zero attached hydrogens (tertiary/aromatic N) is 5. The third-order valence-corrected chi connectivity index (χ3v) is 3.60. The second kappa shape index (κ2) is 6.68. The SMILES string of the molecule is COC(F)(F)c1nnc2cnc(-c3ccc(O[C@H](C)C(F)(F)F)nc3)cn12. The van der Waals surface area contributed by atoms with Crippen molar-refractivity contribution in [2.75, 3.05) is 7.11 Å². The van der Waals surface area contributed by atoms with Crippen LogP contribution in [0.25, 0.3) is 16.9 Å². The molecule has 12 heteroatoms. The first-order valence-corrected chi connectivity index (χ1v) is 7.46. The molecule has 3 rings (SSSR count). The predicted molar refractivity (Wildman–Crippen MR) is 81.1 cm³/mol. The van der Waals surface area contributed by atoms with Crippen molar-refractivity contribution in [3.63, 3.8) is 0 Å². The highest BCUT2D eigenvalue weighted by Crippen LogP contribution is 2.28. The molecule has 0 bridgehead atoms. The van der Waals surface area contributed by atoms with Gasteiger partial charge in [0.15, 0.2) is 11.8 Å². The molecule has 0 spiro atoms. The Balaban J connectivity index is 1.90. The summed E-state index contributed by atoms with van der Waals surface area (Å²) in [4.78, 5) is 7.85. The highest BCUT2D eigenvalue weighted by molar-refractivity contribution is 5.59. The minimum Gasteiger partial charge on any atom is -0.465 e. The van der Waals surface area contributed by atoms with Crippen molar-refractivity contribution in [1.29, 1.82) is 0 Å². The molecule has 0 amide bonds. The maximum atomic E-state index is 13.8. The Hall–Kier alpha value is -2.89. The fraction of sp³-hybridized carbons (Fsp3) is 0.333. The molecule has 0 radical (unpaired) electrons. The van der Waals surface area contributed by atoms with E-state index in [0.29, 0.717) is 5.56 Å². The van der Waals surface area contributed by atoms with Crippen molar-refractivity contribution in [3.05, 3.63) is 36.5 Å².